The number of aromatic nitrogens is 2. The van der Waals surface area contributed by atoms with Crippen molar-refractivity contribution in [3.05, 3.63) is 23.8 Å². The zero-order chi connectivity index (χ0) is 22.1. The molecule has 0 aliphatic carbocycles. The van der Waals surface area contributed by atoms with Crippen molar-refractivity contribution in [2.75, 3.05) is 78.7 Å². The number of amides is 2. The molecule has 0 bridgehead atoms. The molecule has 0 N–H and O–H groups in total. The number of rotatable bonds is 9. The lowest BCUT2D eigenvalue weighted by Crippen LogP contribution is -2.49. The van der Waals surface area contributed by atoms with Crippen LogP contribution in [0, 0.1) is 6.92 Å². The van der Waals surface area contributed by atoms with E-state index in [1.807, 2.05) is 11.8 Å². The summed E-state index contributed by atoms with van der Waals surface area (Å²) >= 11 is 0. The van der Waals surface area contributed by atoms with Crippen molar-refractivity contribution in [2.45, 2.75) is 26.7 Å². The molecule has 0 saturated carbocycles. The molecule has 0 spiro atoms. The Morgan fingerprint density at radius 1 is 1.00 bits per heavy atom. The highest BCUT2D eigenvalue weighted by Crippen LogP contribution is 2.08. The number of carbonyl (C=O) groups excluding carboxylic acids is 2. The second-order valence-corrected chi connectivity index (χ2v) is 8.21. The van der Waals surface area contributed by atoms with Crippen LogP contribution < -0.4 is 0 Å². The first-order valence-corrected chi connectivity index (χ1v) is 11.4. The molecule has 172 valence electrons. The van der Waals surface area contributed by atoms with Crippen LogP contribution in [0.25, 0.3) is 0 Å². The molecule has 1 aromatic rings. The Morgan fingerprint density at radius 2 is 1.74 bits per heavy atom. The average Bonchev–Trinajstić information content (AvgIpc) is 2.82. The molecule has 2 amide bonds. The third-order valence-electron chi connectivity index (χ3n) is 6.06. The first kappa shape index (κ1) is 23.6. The standard InChI is InChI=1S/C22H36N6O3/c1-3-25-9-11-27(12-10-25)21(29)5-8-28(7-4-6-26-13-15-31-16-14-26)22(30)20-18-23-19(2)17-24-20/h17-18H,3-16H2,1-2H3. The van der Waals surface area contributed by atoms with Crippen LogP contribution in [0.1, 0.15) is 35.9 Å². The van der Waals surface area contributed by atoms with Gasteiger partial charge in [-0.25, -0.2) is 4.98 Å². The lowest BCUT2D eigenvalue weighted by atomic mass is 10.2. The summed E-state index contributed by atoms with van der Waals surface area (Å²) in [5.74, 6) is -0.0326. The van der Waals surface area contributed by atoms with Crippen molar-refractivity contribution in [2.24, 2.45) is 0 Å². The molecule has 0 radical (unpaired) electrons. The number of hydrogen-bond donors (Lipinski definition) is 0. The van der Waals surface area contributed by atoms with Crippen molar-refractivity contribution in [3.8, 4) is 0 Å². The van der Waals surface area contributed by atoms with Gasteiger partial charge in [0, 0.05) is 71.5 Å². The van der Waals surface area contributed by atoms with Gasteiger partial charge in [0.1, 0.15) is 5.69 Å². The zero-order valence-electron chi connectivity index (χ0n) is 19.0. The van der Waals surface area contributed by atoms with E-state index in [0.717, 1.165) is 77.7 Å². The number of morpholine rings is 1. The highest BCUT2D eigenvalue weighted by molar-refractivity contribution is 5.92. The summed E-state index contributed by atoms with van der Waals surface area (Å²) in [4.78, 5) is 42.7. The lowest BCUT2D eigenvalue weighted by Gasteiger charge is -2.34. The Balaban J connectivity index is 1.54. The van der Waals surface area contributed by atoms with Crippen LogP contribution >= 0.6 is 0 Å². The fraction of sp³-hybridized carbons (Fsp3) is 0.727. The Morgan fingerprint density at radius 3 is 2.39 bits per heavy atom. The van der Waals surface area contributed by atoms with Crippen LogP contribution in [0.2, 0.25) is 0 Å². The number of hydrogen-bond acceptors (Lipinski definition) is 7. The summed E-state index contributed by atoms with van der Waals surface area (Å²) in [6.45, 7) is 13.7. The van der Waals surface area contributed by atoms with E-state index in [4.69, 9.17) is 4.74 Å². The molecule has 31 heavy (non-hydrogen) atoms. The van der Waals surface area contributed by atoms with Gasteiger partial charge in [-0.3, -0.25) is 19.5 Å². The summed E-state index contributed by atoms with van der Waals surface area (Å²) in [5, 5.41) is 0. The Hall–Kier alpha value is -2.10. The summed E-state index contributed by atoms with van der Waals surface area (Å²) < 4.78 is 5.40. The molecule has 2 fully saturated rings. The van der Waals surface area contributed by atoms with E-state index < -0.39 is 0 Å². The average molecular weight is 433 g/mol. The van der Waals surface area contributed by atoms with E-state index >= 15 is 0 Å². The van der Waals surface area contributed by atoms with Crippen LogP contribution in [0.3, 0.4) is 0 Å². The zero-order valence-corrected chi connectivity index (χ0v) is 19.0. The van der Waals surface area contributed by atoms with Gasteiger partial charge in [0.15, 0.2) is 0 Å². The third kappa shape index (κ3) is 7.22. The van der Waals surface area contributed by atoms with Gasteiger partial charge >= 0.3 is 0 Å². The third-order valence-corrected chi connectivity index (χ3v) is 6.06. The largest absolute Gasteiger partial charge is 0.379 e. The number of nitrogens with zero attached hydrogens (tertiary/aromatic N) is 6. The van der Waals surface area contributed by atoms with Gasteiger partial charge in [0.2, 0.25) is 5.91 Å². The summed E-state index contributed by atoms with van der Waals surface area (Å²) in [6, 6.07) is 0. The van der Waals surface area contributed by atoms with Crippen molar-refractivity contribution in [1.29, 1.82) is 0 Å². The molecule has 2 aliphatic rings. The molecule has 3 heterocycles. The summed E-state index contributed by atoms with van der Waals surface area (Å²) in [7, 11) is 0. The SMILES string of the molecule is CCN1CCN(C(=O)CCN(CCCN2CCOCC2)C(=O)c2cnc(C)cn2)CC1. The Bertz CT molecular complexity index is 700. The Labute approximate surface area is 185 Å². The molecule has 2 saturated heterocycles. The van der Waals surface area contributed by atoms with E-state index in [0.29, 0.717) is 25.2 Å². The lowest BCUT2D eigenvalue weighted by molar-refractivity contribution is -0.133. The molecular weight excluding hydrogens is 396 g/mol. The number of aryl methyl sites for hydroxylation is 1. The first-order valence-electron chi connectivity index (χ1n) is 11.4. The normalized spacial score (nSPS) is 18.2. The molecule has 0 atom stereocenters. The van der Waals surface area contributed by atoms with Gasteiger partial charge in [-0.05, 0) is 19.9 Å². The van der Waals surface area contributed by atoms with E-state index in [-0.39, 0.29) is 11.8 Å². The molecule has 3 rings (SSSR count). The second-order valence-electron chi connectivity index (χ2n) is 8.21. The van der Waals surface area contributed by atoms with Gasteiger partial charge in [-0.1, -0.05) is 6.92 Å². The van der Waals surface area contributed by atoms with Crippen molar-refractivity contribution in [3.63, 3.8) is 0 Å². The number of piperazine rings is 1. The minimum atomic E-state index is -0.155. The van der Waals surface area contributed by atoms with Crippen LogP contribution in [-0.4, -0.2) is 120 Å². The summed E-state index contributed by atoms with van der Waals surface area (Å²) in [5.41, 5.74) is 1.11. The number of ether oxygens (including phenoxy) is 1. The minimum absolute atomic E-state index is 0.122. The smallest absolute Gasteiger partial charge is 0.274 e. The van der Waals surface area contributed by atoms with Gasteiger partial charge in [0.05, 0.1) is 25.1 Å². The maximum Gasteiger partial charge on any atom is 0.274 e. The molecular formula is C22H36N6O3. The summed E-state index contributed by atoms with van der Waals surface area (Å²) in [6.07, 6.45) is 4.33. The van der Waals surface area contributed by atoms with Crippen LogP contribution in [0.15, 0.2) is 12.4 Å². The predicted molar refractivity (Wildman–Crippen MR) is 118 cm³/mol. The predicted octanol–water partition coefficient (Wildman–Crippen LogP) is 0.504. The fourth-order valence-electron chi connectivity index (χ4n) is 3.99. The molecule has 0 unspecified atom stereocenters. The molecule has 1 aromatic heterocycles. The van der Waals surface area contributed by atoms with Gasteiger partial charge in [-0.15, -0.1) is 0 Å². The molecule has 9 heteroatoms. The van der Waals surface area contributed by atoms with Crippen LogP contribution in [0.4, 0.5) is 0 Å². The number of carbonyl (C=O) groups is 2. The number of likely N-dealkylation sites (N-methyl/N-ethyl adjacent to an activating group) is 1. The maximum atomic E-state index is 13.1. The minimum Gasteiger partial charge on any atom is -0.379 e. The fourth-order valence-corrected chi connectivity index (χ4v) is 3.99. The quantitative estimate of drug-likeness (QED) is 0.562. The monoisotopic (exact) mass is 432 g/mol. The molecule has 9 nitrogen and oxygen atoms in total. The van der Waals surface area contributed by atoms with Gasteiger partial charge < -0.3 is 19.4 Å². The van der Waals surface area contributed by atoms with Crippen LogP contribution in [-0.2, 0) is 9.53 Å². The second kappa shape index (κ2) is 12.1. The van der Waals surface area contributed by atoms with Crippen molar-refractivity contribution < 1.29 is 14.3 Å². The van der Waals surface area contributed by atoms with E-state index in [9.17, 15) is 9.59 Å². The topological polar surface area (TPSA) is 82.1 Å². The van der Waals surface area contributed by atoms with Crippen LogP contribution in [0.5, 0.6) is 0 Å². The highest BCUT2D eigenvalue weighted by Gasteiger charge is 2.23. The maximum absolute atomic E-state index is 13.1. The molecule has 0 aromatic carbocycles. The Kier molecular flexibility index (Phi) is 9.17. The van der Waals surface area contributed by atoms with E-state index in [1.54, 1.807) is 11.1 Å². The van der Waals surface area contributed by atoms with E-state index in [1.165, 1.54) is 6.20 Å². The van der Waals surface area contributed by atoms with Gasteiger partial charge in [0.25, 0.3) is 5.91 Å². The first-order chi connectivity index (χ1) is 15.1. The van der Waals surface area contributed by atoms with Crippen molar-refractivity contribution in [1.82, 2.24) is 29.6 Å². The highest BCUT2D eigenvalue weighted by atomic mass is 16.5. The molecule has 2 aliphatic heterocycles. The van der Waals surface area contributed by atoms with E-state index in [2.05, 4.69) is 26.7 Å². The van der Waals surface area contributed by atoms with Gasteiger partial charge in [-0.2, -0.15) is 0 Å². The van der Waals surface area contributed by atoms with Crippen molar-refractivity contribution >= 4 is 11.8 Å².